The number of aliphatic hydroxyl groups is 10. The lowest BCUT2D eigenvalue weighted by Gasteiger charge is -2.48. The average molecular weight is 518 g/mol. The van der Waals surface area contributed by atoms with E-state index in [0.29, 0.717) is 0 Å². The molecular formula is C19H34O16. The van der Waals surface area contributed by atoms with Gasteiger partial charge in [0.1, 0.15) is 73.2 Å². The Bertz CT molecular complexity index is 652. The van der Waals surface area contributed by atoms with Crippen molar-refractivity contribution < 1.29 is 79.5 Å². The smallest absolute Gasteiger partial charge is 0.187 e. The number of ether oxygens (including phenoxy) is 6. The molecule has 0 radical (unpaired) electrons. The van der Waals surface area contributed by atoms with Gasteiger partial charge in [-0.05, 0) is 0 Å². The van der Waals surface area contributed by atoms with Crippen LogP contribution in [0.5, 0.6) is 0 Å². The predicted molar refractivity (Wildman–Crippen MR) is 106 cm³/mol. The van der Waals surface area contributed by atoms with Crippen LogP contribution in [0.25, 0.3) is 0 Å². The lowest BCUT2D eigenvalue weighted by molar-refractivity contribution is -0.392. The molecule has 0 aromatic rings. The fourth-order valence-corrected chi connectivity index (χ4v) is 4.19. The summed E-state index contributed by atoms with van der Waals surface area (Å²) >= 11 is 0. The van der Waals surface area contributed by atoms with Crippen molar-refractivity contribution in [2.75, 3.05) is 26.9 Å². The molecule has 3 aliphatic rings. The Hall–Kier alpha value is -0.640. The molecule has 206 valence electrons. The largest absolute Gasteiger partial charge is 0.394 e. The molecule has 0 aliphatic carbocycles. The average Bonchev–Trinajstić information content (AvgIpc) is 2.86. The molecule has 16 nitrogen and oxygen atoms in total. The van der Waals surface area contributed by atoms with Gasteiger partial charge in [-0.2, -0.15) is 0 Å². The summed E-state index contributed by atoms with van der Waals surface area (Å²) in [4.78, 5) is 0. The first-order valence-electron chi connectivity index (χ1n) is 11.0. The molecule has 0 amide bonds. The Morgan fingerprint density at radius 2 is 0.857 bits per heavy atom. The van der Waals surface area contributed by atoms with Crippen LogP contribution in [0.3, 0.4) is 0 Å². The molecule has 0 saturated carbocycles. The van der Waals surface area contributed by atoms with Crippen LogP contribution in [0, 0.1) is 0 Å². The number of hydrogen-bond donors (Lipinski definition) is 10. The highest BCUT2D eigenvalue weighted by Crippen LogP contribution is 2.33. The van der Waals surface area contributed by atoms with Gasteiger partial charge in [-0.25, -0.2) is 0 Å². The molecule has 0 aromatic heterocycles. The van der Waals surface area contributed by atoms with Crippen LogP contribution in [-0.4, -0.2) is 170 Å². The molecule has 3 rings (SSSR count). The lowest BCUT2D eigenvalue weighted by Crippen LogP contribution is -2.67. The number of hydrogen-bond acceptors (Lipinski definition) is 16. The summed E-state index contributed by atoms with van der Waals surface area (Å²) in [5.41, 5.74) is 0. The first-order valence-corrected chi connectivity index (χ1v) is 11.0. The summed E-state index contributed by atoms with van der Waals surface area (Å²) in [5, 5.41) is 100. The van der Waals surface area contributed by atoms with Crippen LogP contribution in [0.2, 0.25) is 0 Å². The van der Waals surface area contributed by atoms with E-state index in [1.54, 1.807) is 0 Å². The Balaban J connectivity index is 1.84. The van der Waals surface area contributed by atoms with Crippen molar-refractivity contribution in [3.05, 3.63) is 0 Å². The molecular weight excluding hydrogens is 484 g/mol. The SMILES string of the molecule is COC1OC(CO)C(O)C(O)C1OC1OC(CO)C(O)C(O)C1OC1OC(CO)C(O)C(O)C1O. The van der Waals surface area contributed by atoms with Crippen molar-refractivity contribution in [2.45, 2.75) is 92.1 Å². The van der Waals surface area contributed by atoms with Crippen LogP contribution >= 0.6 is 0 Å². The normalized spacial score (nSPS) is 51.3. The van der Waals surface area contributed by atoms with E-state index in [0.717, 1.165) is 0 Å². The van der Waals surface area contributed by atoms with Gasteiger partial charge in [0.05, 0.1) is 19.8 Å². The Kier molecular flexibility index (Phi) is 10.1. The molecule has 0 bridgehead atoms. The maximum Gasteiger partial charge on any atom is 0.187 e. The molecule has 35 heavy (non-hydrogen) atoms. The minimum Gasteiger partial charge on any atom is -0.394 e. The van der Waals surface area contributed by atoms with E-state index >= 15 is 0 Å². The summed E-state index contributed by atoms with van der Waals surface area (Å²) in [6.45, 7) is -2.17. The standard InChI is InChI=1S/C19H34O16/c1-30-18-15(12(27)9(24)6(3-21)32-18)35-19-16(13(28)10(25)7(4-22)33-19)34-17-14(29)11(26)8(23)5(2-20)31-17/h5-29H,2-4H2,1H3. The van der Waals surface area contributed by atoms with Crippen molar-refractivity contribution >= 4 is 0 Å². The van der Waals surface area contributed by atoms with Crippen molar-refractivity contribution in [1.82, 2.24) is 0 Å². The fourth-order valence-electron chi connectivity index (χ4n) is 4.19. The highest BCUT2D eigenvalue weighted by molar-refractivity contribution is 4.96. The van der Waals surface area contributed by atoms with Gasteiger partial charge in [0.25, 0.3) is 0 Å². The van der Waals surface area contributed by atoms with Gasteiger partial charge in [0.15, 0.2) is 18.9 Å². The number of rotatable bonds is 8. The lowest BCUT2D eigenvalue weighted by atomic mass is 9.96. The second-order valence-electron chi connectivity index (χ2n) is 8.55. The minimum atomic E-state index is -1.86. The second-order valence-corrected chi connectivity index (χ2v) is 8.55. The van der Waals surface area contributed by atoms with Gasteiger partial charge in [0.2, 0.25) is 0 Å². The fraction of sp³-hybridized carbons (Fsp3) is 1.00. The van der Waals surface area contributed by atoms with E-state index in [-0.39, 0.29) is 0 Å². The third-order valence-electron chi connectivity index (χ3n) is 6.31. The van der Waals surface area contributed by atoms with Crippen LogP contribution in [-0.2, 0) is 28.4 Å². The molecule has 10 N–H and O–H groups in total. The summed E-state index contributed by atoms with van der Waals surface area (Å²) in [6, 6.07) is 0. The Morgan fingerprint density at radius 3 is 1.31 bits per heavy atom. The zero-order valence-corrected chi connectivity index (χ0v) is 18.7. The zero-order valence-electron chi connectivity index (χ0n) is 18.7. The summed E-state index contributed by atoms with van der Waals surface area (Å²) < 4.78 is 32.4. The van der Waals surface area contributed by atoms with Gasteiger partial charge in [-0.15, -0.1) is 0 Å². The van der Waals surface area contributed by atoms with Crippen molar-refractivity contribution in [3.8, 4) is 0 Å². The third-order valence-corrected chi connectivity index (χ3v) is 6.31. The van der Waals surface area contributed by atoms with E-state index in [1.807, 2.05) is 0 Å². The van der Waals surface area contributed by atoms with E-state index in [2.05, 4.69) is 0 Å². The monoisotopic (exact) mass is 518 g/mol. The molecule has 0 aromatic carbocycles. The van der Waals surface area contributed by atoms with Gasteiger partial charge < -0.3 is 79.5 Å². The molecule has 3 aliphatic heterocycles. The van der Waals surface area contributed by atoms with Gasteiger partial charge in [-0.1, -0.05) is 0 Å². The summed E-state index contributed by atoms with van der Waals surface area (Å²) in [5.74, 6) is 0. The van der Waals surface area contributed by atoms with Gasteiger partial charge in [-0.3, -0.25) is 0 Å². The molecule has 3 saturated heterocycles. The first-order chi connectivity index (χ1) is 16.6. The van der Waals surface area contributed by atoms with Crippen LogP contribution in [0.15, 0.2) is 0 Å². The molecule has 15 atom stereocenters. The first kappa shape index (κ1) is 28.9. The number of aliphatic hydroxyl groups excluding tert-OH is 10. The minimum absolute atomic E-state index is 0.648. The Morgan fingerprint density at radius 1 is 0.486 bits per heavy atom. The summed E-state index contributed by atoms with van der Waals surface area (Å²) in [7, 11) is 1.19. The van der Waals surface area contributed by atoms with E-state index in [1.165, 1.54) is 7.11 Å². The second kappa shape index (κ2) is 12.3. The van der Waals surface area contributed by atoms with Crippen molar-refractivity contribution in [1.29, 1.82) is 0 Å². The quantitative estimate of drug-likeness (QED) is 0.143. The molecule has 3 heterocycles. The molecule has 15 unspecified atom stereocenters. The van der Waals surface area contributed by atoms with E-state index in [4.69, 9.17) is 28.4 Å². The van der Waals surface area contributed by atoms with Gasteiger partial charge >= 0.3 is 0 Å². The highest BCUT2D eigenvalue weighted by Gasteiger charge is 2.53. The third kappa shape index (κ3) is 5.78. The van der Waals surface area contributed by atoms with E-state index < -0.39 is 112 Å². The molecule has 3 fully saturated rings. The zero-order chi connectivity index (χ0) is 26.0. The van der Waals surface area contributed by atoms with Gasteiger partial charge in [0, 0.05) is 7.11 Å². The predicted octanol–water partition coefficient (Wildman–Crippen LogP) is -6.92. The van der Waals surface area contributed by atoms with E-state index in [9.17, 15) is 51.1 Å². The maximum atomic E-state index is 10.7. The number of methoxy groups -OCH3 is 1. The maximum absolute atomic E-state index is 10.7. The van der Waals surface area contributed by atoms with Crippen molar-refractivity contribution in [3.63, 3.8) is 0 Å². The van der Waals surface area contributed by atoms with Crippen LogP contribution in [0.4, 0.5) is 0 Å². The van der Waals surface area contributed by atoms with Crippen LogP contribution < -0.4 is 0 Å². The topological polar surface area (TPSA) is 258 Å². The molecule has 16 heteroatoms. The Labute approximate surface area is 199 Å². The van der Waals surface area contributed by atoms with Crippen LogP contribution in [0.1, 0.15) is 0 Å². The molecule has 0 spiro atoms. The highest BCUT2D eigenvalue weighted by atomic mass is 16.8. The summed E-state index contributed by atoms with van der Waals surface area (Å²) in [6.07, 6.45) is -24.2. The van der Waals surface area contributed by atoms with Crippen molar-refractivity contribution in [2.24, 2.45) is 0 Å².